The lowest BCUT2D eigenvalue weighted by Crippen LogP contribution is -2.08. The summed E-state index contributed by atoms with van der Waals surface area (Å²) in [4.78, 5) is 0. The number of halogens is 3. The van der Waals surface area contributed by atoms with Crippen molar-refractivity contribution < 1.29 is 18.3 Å². The third-order valence-corrected chi connectivity index (χ3v) is 3.48. The van der Waals surface area contributed by atoms with Gasteiger partial charge in [-0.2, -0.15) is 13.2 Å². The maximum absolute atomic E-state index is 12.7. The van der Waals surface area contributed by atoms with E-state index in [2.05, 4.69) is 0 Å². The van der Waals surface area contributed by atoms with Crippen molar-refractivity contribution in [1.29, 1.82) is 0 Å². The maximum atomic E-state index is 12.7. The fourth-order valence-electron chi connectivity index (χ4n) is 2.39. The Balaban J connectivity index is 2.22. The van der Waals surface area contributed by atoms with Crippen LogP contribution in [0.4, 0.5) is 13.2 Å². The lowest BCUT2D eigenvalue weighted by atomic mass is 9.95. The molecule has 1 atom stereocenters. The quantitative estimate of drug-likeness (QED) is 0.877. The Bertz CT molecular complexity index is 605. The van der Waals surface area contributed by atoms with E-state index in [4.69, 9.17) is 0 Å². The first kappa shape index (κ1) is 15.6. The molecule has 1 N–H and O–H groups in total. The highest BCUT2D eigenvalue weighted by Gasteiger charge is 2.30. The molecule has 2 aromatic carbocycles. The summed E-state index contributed by atoms with van der Waals surface area (Å²) in [5.74, 6) is 0. The van der Waals surface area contributed by atoms with Crippen LogP contribution in [0.3, 0.4) is 0 Å². The first-order chi connectivity index (χ1) is 9.91. The number of benzene rings is 2. The highest BCUT2D eigenvalue weighted by molar-refractivity contribution is 5.32. The van der Waals surface area contributed by atoms with E-state index < -0.39 is 17.8 Å². The van der Waals surface area contributed by atoms with Crippen LogP contribution >= 0.6 is 0 Å². The summed E-state index contributed by atoms with van der Waals surface area (Å²) >= 11 is 0. The van der Waals surface area contributed by atoms with Gasteiger partial charge in [-0.15, -0.1) is 0 Å². The van der Waals surface area contributed by atoms with Gasteiger partial charge in [-0.05, 0) is 29.2 Å². The highest BCUT2D eigenvalue weighted by Crippen LogP contribution is 2.30. The van der Waals surface area contributed by atoms with Gasteiger partial charge in [-0.25, -0.2) is 0 Å². The average molecular weight is 294 g/mol. The van der Waals surface area contributed by atoms with Gasteiger partial charge in [0.15, 0.2) is 0 Å². The lowest BCUT2D eigenvalue weighted by Gasteiger charge is -2.16. The largest absolute Gasteiger partial charge is 0.416 e. The molecule has 0 saturated heterocycles. The van der Waals surface area contributed by atoms with Crippen molar-refractivity contribution in [2.45, 2.75) is 32.0 Å². The first-order valence-corrected chi connectivity index (χ1v) is 6.84. The smallest absolute Gasteiger partial charge is 0.388 e. The molecule has 2 rings (SSSR count). The molecule has 0 bridgehead atoms. The van der Waals surface area contributed by atoms with Crippen LogP contribution < -0.4 is 0 Å². The molecule has 0 spiro atoms. The standard InChI is InChI=1S/C17H17F3O/c1-2-13-7-3-4-9-15(13)16(21)11-12-6-5-8-14(10-12)17(18,19)20/h3-10,16,21H,2,11H2,1H3. The zero-order chi connectivity index (χ0) is 15.5. The van der Waals surface area contributed by atoms with Crippen LogP contribution in [0, 0.1) is 0 Å². The van der Waals surface area contributed by atoms with Gasteiger partial charge in [0.1, 0.15) is 0 Å². The third-order valence-electron chi connectivity index (χ3n) is 3.48. The van der Waals surface area contributed by atoms with Crippen LogP contribution in [0.5, 0.6) is 0 Å². The Morgan fingerprint density at radius 3 is 2.43 bits per heavy atom. The molecule has 0 aliphatic carbocycles. The number of aliphatic hydroxyl groups is 1. The third kappa shape index (κ3) is 3.85. The summed E-state index contributed by atoms with van der Waals surface area (Å²) in [5, 5.41) is 10.3. The lowest BCUT2D eigenvalue weighted by molar-refractivity contribution is -0.137. The topological polar surface area (TPSA) is 20.2 Å². The van der Waals surface area contributed by atoms with Gasteiger partial charge in [-0.3, -0.25) is 0 Å². The van der Waals surface area contributed by atoms with Crippen LogP contribution in [-0.2, 0) is 19.0 Å². The molecule has 0 radical (unpaired) electrons. The molecule has 0 aliphatic rings. The summed E-state index contributed by atoms with van der Waals surface area (Å²) in [7, 11) is 0. The fraction of sp³-hybridized carbons (Fsp3) is 0.294. The Morgan fingerprint density at radius 1 is 1.05 bits per heavy atom. The first-order valence-electron chi connectivity index (χ1n) is 6.84. The molecule has 4 heteroatoms. The molecule has 1 nitrogen and oxygen atoms in total. The number of alkyl halides is 3. The zero-order valence-electron chi connectivity index (χ0n) is 11.7. The monoisotopic (exact) mass is 294 g/mol. The van der Waals surface area contributed by atoms with Gasteiger partial charge in [0.05, 0.1) is 11.7 Å². The predicted octanol–water partition coefficient (Wildman–Crippen LogP) is 4.54. The van der Waals surface area contributed by atoms with E-state index >= 15 is 0 Å². The number of hydrogen-bond donors (Lipinski definition) is 1. The average Bonchev–Trinajstić information content (AvgIpc) is 2.46. The molecule has 0 fully saturated rings. The maximum Gasteiger partial charge on any atom is 0.416 e. The minimum atomic E-state index is -4.36. The molecule has 112 valence electrons. The zero-order valence-corrected chi connectivity index (χ0v) is 11.7. The molecular formula is C17H17F3O. The molecular weight excluding hydrogens is 277 g/mol. The van der Waals surface area contributed by atoms with Crippen molar-refractivity contribution in [3.05, 3.63) is 70.8 Å². The SMILES string of the molecule is CCc1ccccc1C(O)Cc1cccc(C(F)(F)F)c1. The number of aliphatic hydroxyl groups excluding tert-OH is 1. The molecule has 1 unspecified atom stereocenters. The molecule has 0 aromatic heterocycles. The Kier molecular flexibility index (Phi) is 4.68. The Labute approximate surface area is 122 Å². The van der Waals surface area contributed by atoms with Gasteiger partial charge in [0.2, 0.25) is 0 Å². The predicted molar refractivity (Wildman–Crippen MR) is 75.9 cm³/mol. The van der Waals surface area contributed by atoms with E-state index in [1.807, 2.05) is 31.2 Å². The second kappa shape index (κ2) is 6.31. The normalized spacial score (nSPS) is 13.2. The van der Waals surface area contributed by atoms with Gasteiger partial charge >= 0.3 is 6.18 Å². The van der Waals surface area contributed by atoms with E-state index in [0.717, 1.165) is 29.7 Å². The molecule has 0 aliphatic heterocycles. The fourth-order valence-corrected chi connectivity index (χ4v) is 2.39. The van der Waals surface area contributed by atoms with Crippen molar-refractivity contribution in [2.24, 2.45) is 0 Å². The summed E-state index contributed by atoms with van der Waals surface area (Å²) < 4.78 is 38.1. The number of rotatable bonds is 4. The van der Waals surface area contributed by atoms with Crippen molar-refractivity contribution in [1.82, 2.24) is 0 Å². The van der Waals surface area contributed by atoms with Crippen LogP contribution in [-0.4, -0.2) is 5.11 Å². The Morgan fingerprint density at radius 2 is 1.76 bits per heavy atom. The van der Waals surface area contributed by atoms with E-state index in [-0.39, 0.29) is 6.42 Å². The minimum Gasteiger partial charge on any atom is -0.388 e. The molecule has 0 amide bonds. The number of aryl methyl sites for hydroxylation is 1. The van der Waals surface area contributed by atoms with Crippen LogP contribution in [0.2, 0.25) is 0 Å². The number of hydrogen-bond acceptors (Lipinski definition) is 1. The van der Waals surface area contributed by atoms with Gasteiger partial charge in [0.25, 0.3) is 0 Å². The van der Waals surface area contributed by atoms with Crippen molar-refractivity contribution in [2.75, 3.05) is 0 Å². The summed E-state index contributed by atoms with van der Waals surface area (Å²) in [6, 6.07) is 12.6. The second-order valence-corrected chi connectivity index (χ2v) is 4.97. The van der Waals surface area contributed by atoms with Crippen LogP contribution in [0.25, 0.3) is 0 Å². The molecule has 0 saturated carbocycles. The van der Waals surface area contributed by atoms with E-state index in [9.17, 15) is 18.3 Å². The van der Waals surface area contributed by atoms with Crippen molar-refractivity contribution in [3.63, 3.8) is 0 Å². The molecule has 0 heterocycles. The summed E-state index contributed by atoms with van der Waals surface area (Å²) in [5.41, 5.74) is 1.58. The van der Waals surface area contributed by atoms with E-state index in [0.29, 0.717) is 5.56 Å². The van der Waals surface area contributed by atoms with E-state index in [1.54, 1.807) is 6.07 Å². The summed E-state index contributed by atoms with van der Waals surface area (Å²) in [6.45, 7) is 1.98. The van der Waals surface area contributed by atoms with Gasteiger partial charge < -0.3 is 5.11 Å². The minimum absolute atomic E-state index is 0.168. The summed E-state index contributed by atoms with van der Waals surface area (Å²) in [6.07, 6.45) is -4.22. The van der Waals surface area contributed by atoms with Crippen molar-refractivity contribution >= 4 is 0 Å². The van der Waals surface area contributed by atoms with Crippen LogP contribution in [0.15, 0.2) is 48.5 Å². The second-order valence-electron chi connectivity index (χ2n) is 4.97. The van der Waals surface area contributed by atoms with Gasteiger partial charge in [0, 0.05) is 6.42 Å². The van der Waals surface area contributed by atoms with Gasteiger partial charge in [-0.1, -0.05) is 49.4 Å². The molecule has 2 aromatic rings. The highest BCUT2D eigenvalue weighted by atomic mass is 19.4. The van der Waals surface area contributed by atoms with Crippen molar-refractivity contribution in [3.8, 4) is 0 Å². The Hall–Kier alpha value is -1.81. The molecule has 21 heavy (non-hydrogen) atoms. The van der Waals surface area contributed by atoms with Crippen LogP contribution in [0.1, 0.15) is 35.3 Å². The van der Waals surface area contributed by atoms with E-state index in [1.165, 1.54) is 6.07 Å².